The SMILES string of the molecule is CC(C)c1ccc(C(C)(CO)CO)cc1. The Morgan fingerprint density at radius 3 is 1.87 bits per heavy atom. The predicted molar refractivity (Wildman–Crippen MR) is 62.1 cm³/mol. The van der Waals surface area contributed by atoms with E-state index in [0.29, 0.717) is 5.92 Å². The summed E-state index contributed by atoms with van der Waals surface area (Å²) in [5.41, 5.74) is 1.73. The van der Waals surface area contributed by atoms with Gasteiger partial charge in [0.1, 0.15) is 0 Å². The zero-order valence-electron chi connectivity index (χ0n) is 9.70. The fraction of sp³-hybridized carbons (Fsp3) is 0.538. The molecule has 0 saturated heterocycles. The maximum absolute atomic E-state index is 9.26. The molecule has 0 unspecified atom stereocenters. The molecule has 84 valence electrons. The van der Waals surface area contributed by atoms with Crippen molar-refractivity contribution >= 4 is 0 Å². The Kier molecular flexibility index (Phi) is 3.89. The summed E-state index contributed by atoms with van der Waals surface area (Å²) in [6.07, 6.45) is 0. The van der Waals surface area contributed by atoms with Crippen molar-refractivity contribution < 1.29 is 10.2 Å². The summed E-state index contributed by atoms with van der Waals surface area (Å²) in [6.45, 7) is 6.07. The van der Waals surface area contributed by atoms with E-state index in [1.807, 2.05) is 19.1 Å². The molecule has 0 spiro atoms. The average molecular weight is 208 g/mol. The molecule has 0 saturated carbocycles. The van der Waals surface area contributed by atoms with Gasteiger partial charge >= 0.3 is 0 Å². The summed E-state index contributed by atoms with van der Waals surface area (Å²) in [4.78, 5) is 0. The predicted octanol–water partition coefficient (Wildman–Crippen LogP) is 2.05. The van der Waals surface area contributed by atoms with Crippen LogP contribution in [0.1, 0.15) is 37.8 Å². The van der Waals surface area contributed by atoms with Crippen LogP contribution < -0.4 is 0 Å². The third-order valence-corrected chi connectivity index (χ3v) is 2.97. The van der Waals surface area contributed by atoms with Gasteiger partial charge in [0, 0.05) is 5.41 Å². The second kappa shape index (κ2) is 4.77. The Bertz CT molecular complexity index is 297. The summed E-state index contributed by atoms with van der Waals surface area (Å²) < 4.78 is 0. The Labute approximate surface area is 91.6 Å². The molecular formula is C13H20O2. The Morgan fingerprint density at radius 2 is 1.53 bits per heavy atom. The van der Waals surface area contributed by atoms with Crippen LogP contribution in [-0.2, 0) is 5.41 Å². The highest BCUT2D eigenvalue weighted by Crippen LogP contribution is 2.24. The van der Waals surface area contributed by atoms with E-state index < -0.39 is 5.41 Å². The Morgan fingerprint density at radius 1 is 1.07 bits per heavy atom. The molecule has 2 nitrogen and oxygen atoms in total. The second-order valence-corrected chi connectivity index (χ2v) is 4.65. The van der Waals surface area contributed by atoms with Crippen molar-refractivity contribution in [2.24, 2.45) is 0 Å². The molecule has 0 radical (unpaired) electrons. The lowest BCUT2D eigenvalue weighted by atomic mass is 9.83. The first-order valence-corrected chi connectivity index (χ1v) is 5.35. The zero-order chi connectivity index (χ0) is 11.5. The molecule has 0 aliphatic heterocycles. The molecule has 2 N–H and O–H groups in total. The molecule has 1 rings (SSSR count). The largest absolute Gasteiger partial charge is 0.395 e. The minimum atomic E-state index is -0.532. The number of rotatable bonds is 4. The standard InChI is InChI=1S/C13H20O2/c1-10(2)11-4-6-12(7-5-11)13(3,8-14)9-15/h4-7,10,14-15H,8-9H2,1-3H3. The summed E-state index contributed by atoms with van der Waals surface area (Å²) in [7, 11) is 0. The van der Waals surface area contributed by atoms with Crippen molar-refractivity contribution in [3.8, 4) is 0 Å². The van der Waals surface area contributed by atoms with E-state index >= 15 is 0 Å². The van der Waals surface area contributed by atoms with Gasteiger partial charge in [-0.05, 0) is 17.0 Å². The van der Waals surface area contributed by atoms with Gasteiger partial charge in [-0.3, -0.25) is 0 Å². The molecule has 0 bridgehead atoms. The van der Waals surface area contributed by atoms with E-state index in [2.05, 4.69) is 26.0 Å². The van der Waals surface area contributed by atoms with E-state index in [-0.39, 0.29) is 13.2 Å². The van der Waals surface area contributed by atoms with Crippen LogP contribution >= 0.6 is 0 Å². The molecule has 15 heavy (non-hydrogen) atoms. The molecule has 0 amide bonds. The summed E-state index contributed by atoms with van der Waals surface area (Å²) in [6, 6.07) is 8.09. The summed E-state index contributed by atoms with van der Waals surface area (Å²) >= 11 is 0. The van der Waals surface area contributed by atoms with Crippen molar-refractivity contribution in [1.29, 1.82) is 0 Å². The van der Waals surface area contributed by atoms with E-state index in [4.69, 9.17) is 0 Å². The van der Waals surface area contributed by atoms with Crippen molar-refractivity contribution in [1.82, 2.24) is 0 Å². The van der Waals surface area contributed by atoms with Crippen LogP contribution in [-0.4, -0.2) is 23.4 Å². The lowest BCUT2D eigenvalue weighted by molar-refractivity contribution is 0.129. The van der Waals surface area contributed by atoms with Gasteiger partial charge in [-0.15, -0.1) is 0 Å². The molecule has 2 heteroatoms. The molecule has 0 atom stereocenters. The highest BCUT2D eigenvalue weighted by Gasteiger charge is 2.24. The van der Waals surface area contributed by atoms with E-state index in [9.17, 15) is 10.2 Å². The smallest absolute Gasteiger partial charge is 0.0547 e. The van der Waals surface area contributed by atoms with E-state index in [1.165, 1.54) is 5.56 Å². The van der Waals surface area contributed by atoms with E-state index in [1.54, 1.807) is 0 Å². The van der Waals surface area contributed by atoms with Crippen LogP contribution in [0, 0.1) is 0 Å². The lowest BCUT2D eigenvalue weighted by Crippen LogP contribution is -2.30. The molecule has 0 aromatic heterocycles. The van der Waals surface area contributed by atoms with Crippen molar-refractivity contribution in [3.05, 3.63) is 35.4 Å². The van der Waals surface area contributed by atoms with Crippen molar-refractivity contribution in [2.75, 3.05) is 13.2 Å². The maximum Gasteiger partial charge on any atom is 0.0547 e. The molecule has 1 aromatic carbocycles. The van der Waals surface area contributed by atoms with Crippen LogP contribution in [0.2, 0.25) is 0 Å². The highest BCUT2D eigenvalue weighted by atomic mass is 16.3. The third kappa shape index (κ3) is 2.58. The van der Waals surface area contributed by atoms with Crippen LogP contribution in [0.5, 0.6) is 0 Å². The second-order valence-electron chi connectivity index (χ2n) is 4.65. The van der Waals surface area contributed by atoms with Crippen molar-refractivity contribution in [2.45, 2.75) is 32.1 Å². The van der Waals surface area contributed by atoms with Gasteiger partial charge in [0.25, 0.3) is 0 Å². The summed E-state index contributed by atoms with van der Waals surface area (Å²) in [5, 5.41) is 18.5. The topological polar surface area (TPSA) is 40.5 Å². The first-order chi connectivity index (χ1) is 7.03. The Balaban J connectivity index is 2.97. The number of aliphatic hydroxyl groups is 2. The van der Waals surface area contributed by atoms with Gasteiger partial charge in [0.15, 0.2) is 0 Å². The highest BCUT2D eigenvalue weighted by molar-refractivity contribution is 5.30. The van der Waals surface area contributed by atoms with Gasteiger partial charge in [-0.25, -0.2) is 0 Å². The number of hydrogen-bond donors (Lipinski definition) is 2. The lowest BCUT2D eigenvalue weighted by Gasteiger charge is -2.25. The van der Waals surface area contributed by atoms with Gasteiger partial charge in [-0.2, -0.15) is 0 Å². The zero-order valence-corrected chi connectivity index (χ0v) is 9.70. The average Bonchev–Trinajstić information content (AvgIpc) is 2.28. The quantitative estimate of drug-likeness (QED) is 0.795. The third-order valence-electron chi connectivity index (χ3n) is 2.97. The van der Waals surface area contributed by atoms with Crippen LogP contribution in [0.4, 0.5) is 0 Å². The maximum atomic E-state index is 9.26. The molecule has 0 aliphatic rings. The van der Waals surface area contributed by atoms with Gasteiger partial charge < -0.3 is 10.2 Å². The number of aliphatic hydroxyl groups excluding tert-OH is 2. The van der Waals surface area contributed by atoms with Crippen LogP contribution in [0.25, 0.3) is 0 Å². The molecule has 1 aromatic rings. The van der Waals surface area contributed by atoms with Crippen molar-refractivity contribution in [3.63, 3.8) is 0 Å². The first kappa shape index (κ1) is 12.2. The fourth-order valence-electron chi connectivity index (χ4n) is 1.50. The first-order valence-electron chi connectivity index (χ1n) is 5.35. The number of benzene rings is 1. The minimum Gasteiger partial charge on any atom is -0.395 e. The Hall–Kier alpha value is -0.860. The summed E-state index contributed by atoms with van der Waals surface area (Å²) in [5.74, 6) is 0.508. The molecule has 0 aliphatic carbocycles. The molecule has 0 heterocycles. The number of hydrogen-bond acceptors (Lipinski definition) is 2. The normalized spacial score (nSPS) is 12.1. The van der Waals surface area contributed by atoms with Crippen LogP contribution in [0.15, 0.2) is 24.3 Å². The molecule has 0 fully saturated rings. The van der Waals surface area contributed by atoms with E-state index in [0.717, 1.165) is 5.56 Å². The molecular weight excluding hydrogens is 188 g/mol. The van der Waals surface area contributed by atoms with Gasteiger partial charge in [0.05, 0.1) is 13.2 Å². The van der Waals surface area contributed by atoms with Gasteiger partial charge in [-0.1, -0.05) is 45.0 Å². The fourth-order valence-corrected chi connectivity index (χ4v) is 1.50. The minimum absolute atomic E-state index is 0.0372. The van der Waals surface area contributed by atoms with Gasteiger partial charge in [0.2, 0.25) is 0 Å². The van der Waals surface area contributed by atoms with Crippen LogP contribution in [0.3, 0.4) is 0 Å². The monoisotopic (exact) mass is 208 g/mol.